The molecule has 21 heavy (non-hydrogen) atoms. The van der Waals surface area contributed by atoms with Crippen LogP contribution in [0.25, 0.3) is 0 Å². The van der Waals surface area contributed by atoms with Crippen LogP contribution in [0.4, 0.5) is 5.69 Å². The van der Waals surface area contributed by atoms with Gasteiger partial charge < -0.3 is 4.90 Å². The Hall–Kier alpha value is -2.34. The molecule has 1 aliphatic heterocycles. The quantitative estimate of drug-likeness (QED) is 0.863. The number of piperidine rings is 1. The Labute approximate surface area is 125 Å². The molecular formula is C18H19N3. The fourth-order valence-corrected chi connectivity index (χ4v) is 2.98. The molecule has 1 fully saturated rings. The second kappa shape index (κ2) is 6.41. The predicted octanol–water partition coefficient (Wildman–Crippen LogP) is 3.41. The van der Waals surface area contributed by atoms with Crippen molar-refractivity contribution >= 4 is 5.69 Å². The van der Waals surface area contributed by atoms with Crippen LogP contribution in [0.1, 0.15) is 24.1 Å². The number of nitrogens with zero attached hydrogens (tertiary/aromatic N) is 3. The van der Waals surface area contributed by atoms with Crippen LogP contribution in [-0.2, 0) is 6.42 Å². The molecule has 106 valence electrons. The molecule has 1 aromatic carbocycles. The molecular weight excluding hydrogens is 258 g/mol. The maximum Gasteiger partial charge on any atom is 0.140 e. The van der Waals surface area contributed by atoms with E-state index in [0.29, 0.717) is 5.69 Å². The molecule has 0 bridgehead atoms. The van der Waals surface area contributed by atoms with Crippen LogP contribution in [0.2, 0.25) is 0 Å². The van der Waals surface area contributed by atoms with Crippen molar-refractivity contribution in [2.45, 2.75) is 19.3 Å². The molecule has 1 saturated heterocycles. The number of hydrogen-bond donors (Lipinski definition) is 0. The highest BCUT2D eigenvalue weighted by atomic mass is 15.1. The minimum absolute atomic E-state index is 0.484. The summed E-state index contributed by atoms with van der Waals surface area (Å²) in [6.45, 7) is 2.15. The van der Waals surface area contributed by atoms with Crippen molar-refractivity contribution in [2.75, 3.05) is 18.0 Å². The van der Waals surface area contributed by atoms with Gasteiger partial charge in [-0.15, -0.1) is 0 Å². The highest BCUT2D eigenvalue weighted by Gasteiger charge is 2.19. The van der Waals surface area contributed by atoms with Crippen LogP contribution in [-0.4, -0.2) is 18.1 Å². The van der Waals surface area contributed by atoms with E-state index in [0.717, 1.165) is 24.7 Å². The van der Waals surface area contributed by atoms with Gasteiger partial charge in [-0.3, -0.25) is 0 Å². The van der Waals surface area contributed by atoms with Crippen molar-refractivity contribution in [1.29, 1.82) is 5.26 Å². The summed E-state index contributed by atoms with van der Waals surface area (Å²) in [5.41, 5.74) is 3.06. The number of anilines is 1. The molecule has 3 nitrogen and oxygen atoms in total. The lowest BCUT2D eigenvalue weighted by molar-refractivity contribution is 0.403. The van der Waals surface area contributed by atoms with Crippen LogP contribution < -0.4 is 4.90 Å². The summed E-state index contributed by atoms with van der Waals surface area (Å²) in [5.74, 6) is 0.773. The molecule has 0 atom stereocenters. The Balaban J connectivity index is 1.56. The Morgan fingerprint density at radius 1 is 1.10 bits per heavy atom. The normalized spacial score (nSPS) is 15.7. The van der Waals surface area contributed by atoms with Gasteiger partial charge in [-0.2, -0.15) is 5.26 Å². The van der Waals surface area contributed by atoms with Crippen molar-refractivity contribution in [3.8, 4) is 6.07 Å². The Morgan fingerprint density at radius 3 is 2.48 bits per heavy atom. The average molecular weight is 277 g/mol. The van der Waals surface area contributed by atoms with E-state index in [1.807, 2.05) is 12.3 Å². The lowest BCUT2D eigenvalue weighted by Crippen LogP contribution is -2.34. The van der Waals surface area contributed by atoms with E-state index in [1.165, 1.54) is 24.8 Å². The first kappa shape index (κ1) is 13.6. The monoisotopic (exact) mass is 277 g/mol. The average Bonchev–Trinajstić information content (AvgIpc) is 2.57. The lowest BCUT2D eigenvalue weighted by Gasteiger charge is -2.33. The first-order valence-electron chi connectivity index (χ1n) is 7.50. The maximum atomic E-state index is 8.79. The largest absolute Gasteiger partial charge is 0.370 e. The fraction of sp³-hybridized carbons (Fsp3) is 0.333. The number of benzene rings is 1. The van der Waals surface area contributed by atoms with Gasteiger partial charge in [-0.1, -0.05) is 30.3 Å². The SMILES string of the molecule is N#Cc1ccc(N2CCC(Cc3ccccc3)CC2)cn1. The Kier molecular flexibility index (Phi) is 4.16. The molecule has 1 aliphatic rings. The minimum atomic E-state index is 0.484. The van der Waals surface area contributed by atoms with Gasteiger partial charge in [0.05, 0.1) is 11.9 Å². The van der Waals surface area contributed by atoms with Crippen LogP contribution >= 0.6 is 0 Å². The van der Waals surface area contributed by atoms with Gasteiger partial charge in [0.1, 0.15) is 11.8 Å². The standard InChI is InChI=1S/C18H19N3/c19-13-17-6-7-18(14-20-17)21-10-8-16(9-11-21)12-15-4-2-1-3-5-15/h1-7,14,16H,8-12H2. The first-order valence-corrected chi connectivity index (χ1v) is 7.50. The second-order valence-corrected chi connectivity index (χ2v) is 5.63. The van der Waals surface area contributed by atoms with E-state index >= 15 is 0 Å². The lowest BCUT2D eigenvalue weighted by atomic mass is 9.90. The third kappa shape index (κ3) is 3.41. The van der Waals surface area contributed by atoms with E-state index in [-0.39, 0.29) is 0 Å². The summed E-state index contributed by atoms with van der Waals surface area (Å²) >= 11 is 0. The van der Waals surface area contributed by atoms with Crippen molar-refractivity contribution in [3.05, 3.63) is 59.9 Å². The molecule has 0 amide bonds. The molecule has 0 radical (unpaired) electrons. The zero-order valence-electron chi connectivity index (χ0n) is 12.1. The number of aromatic nitrogens is 1. The summed E-state index contributed by atoms with van der Waals surface area (Å²) in [6.07, 6.45) is 5.43. The summed E-state index contributed by atoms with van der Waals surface area (Å²) in [4.78, 5) is 6.53. The molecule has 0 aliphatic carbocycles. The van der Waals surface area contributed by atoms with Gasteiger partial charge in [0, 0.05) is 13.1 Å². The molecule has 3 rings (SSSR count). The third-order valence-corrected chi connectivity index (χ3v) is 4.21. The van der Waals surface area contributed by atoms with E-state index < -0.39 is 0 Å². The van der Waals surface area contributed by atoms with Gasteiger partial charge in [0.25, 0.3) is 0 Å². The second-order valence-electron chi connectivity index (χ2n) is 5.63. The van der Waals surface area contributed by atoms with Crippen molar-refractivity contribution < 1.29 is 0 Å². The third-order valence-electron chi connectivity index (χ3n) is 4.21. The minimum Gasteiger partial charge on any atom is -0.370 e. The number of pyridine rings is 1. The van der Waals surface area contributed by atoms with Crippen LogP contribution in [0.15, 0.2) is 48.7 Å². The van der Waals surface area contributed by atoms with Crippen LogP contribution in [0, 0.1) is 17.2 Å². The van der Waals surface area contributed by atoms with Crippen LogP contribution in [0.3, 0.4) is 0 Å². The number of nitriles is 1. The van der Waals surface area contributed by atoms with Gasteiger partial charge >= 0.3 is 0 Å². The summed E-state index contributed by atoms with van der Waals surface area (Å²) < 4.78 is 0. The van der Waals surface area contributed by atoms with Crippen molar-refractivity contribution in [1.82, 2.24) is 4.98 Å². The van der Waals surface area contributed by atoms with Gasteiger partial charge in [0.2, 0.25) is 0 Å². The van der Waals surface area contributed by atoms with E-state index in [2.05, 4.69) is 46.3 Å². The van der Waals surface area contributed by atoms with Gasteiger partial charge in [0.15, 0.2) is 0 Å². The van der Waals surface area contributed by atoms with E-state index in [9.17, 15) is 0 Å². The zero-order chi connectivity index (χ0) is 14.5. The molecule has 3 heteroatoms. The van der Waals surface area contributed by atoms with Gasteiger partial charge in [-0.25, -0.2) is 4.98 Å². The van der Waals surface area contributed by atoms with E-state index in [1.54, 1.807) is 6.07 Å². The zero-order valence-corrected chi connectivity index (χ0v) is 12.1. The Bertz CT molecular complexity index is 605. The topological polar surface area (TPSA) is 39.9 Å². The van der Waals surface area contributed by atoms with E-state index in [4.69, 9.17) is 5.26 Å². The summed E-state index contributed by atoms with van der Waals surface area (Å²) in [6, 6.07) is 16.6. The molecule has 1 aromatic heterocycles. The van der Waals surface area contributed by atoms with Crippen LogP contribution in [0.5, 0.6) is 0 Å². The van der Waals surface area contributed by atoms with Gasteiger partial charge in [-0.05, 0) is 42.9 Å². The molecule has 2 aromatic rings. The molecule has 0 N–H and O–H groups in total. The molecule has 0 saturated carbocycles. The first-order chi connectivity index (χ1) is 10.3. The highest BCUT2D eigenvalue weighted by molar-refractivity contribution is 5.46. The highest BCUT2D eigenvalue weighted by Crippen LogP contribution is 2.25. The number of hydrogen-bond acceptors (Lipinski definition) is 3. The maximum absolute atomic E-state index is 8.79. The molecule has 0 spiro atoms. The van der Waals surface area contributed by atoms with Crippen molar-refractivity contribution in [2.24, 2.45) is 5.92 Å². The number of rotatable bonds is 3. The predicted molar refractivity (Wildman–Crippen MR) is 84.0 cm³/mol. The smallest absolute Gasteiger partial charge is 0.140 e. The molecule has 0 unspecified atom stereocenters. The van der Waals surface area contributed by atoms with Crippen molar-refractivity contribution in [3.63, 3.8) is 0 Å². The fourth-order valence-electron chi connectivity index (χ4n) is 2.98. The summed E-state index contributed by atoms with van der Waals surface area (Å²) in [5, 5.41) is 8.79. The Morgan fingerprint density at radius 2 is 1.86 bits per heavy atom. The molecule has 2 heterocycles. The summed E-state index contributed by atoms with van der Waals surface area (Å²) in [7, 11) is 0.